The molecule has 0 aliphatic rings. The molecule has 0 aliphatic carbocycles. The molecule has 3 nitrogen and oxygen atoms in total. The minimum absolute atomic E-state index is 0.406. The molecular formula is C12H14BrN3S. The molecule has 0 amide bonds. The minimum atomic E-state index is 0.406. The number of aromatic nitrogens is 3. The molecule has 0 aliphatic heterocycles. The van der Waals surface area contributed by atoms with E-state index in [-0.39, 0.29) is 0 Å². The first-order valence-electron chi connectivity index (χ1n) is 5.40. The van der Waals surface area contributed by atoms with E-state index in [1.807, 2.05) is 17.7 Å². The molecule has 90 valence electrons. The first-order chi connectivity index (χ1) is 8.08. The summed E-state index contributed by atoms with van der Waals surface area (Å²) in [5.41, 5.74) is 1.29. The lowest BCUT2D eigenvalue weighted by molar-refractivity contribution is 0.664. The van der Waals surface area contributed by atoms with E-state index in [0.29, 0.717) is 11.1 Å². The average Bonchev–Trinajstić information content (AvgIpc) is 2.61. The summed E-state index contributed by atoms with van der Waals surface area (Å²) in [7, 11) is 1.94. The van der Waals surface area contributed by atoms with Crippen molar-refractivity contribution in [1.29, 1.82) is 0 Å². The molecule has 1 heterocycles. The van der Waals surface area contributed by atoms with Crippen LogP contribution in [0.5, 0.6) is 0 Å². The Bertz CT molecular complexity index is 524. The summed E-state index contributed by atoms with van der Waals surface area (Å²) in [6.07, 6.45) is 0.862. The first-order valence-corrected chi connectivity index (χ1v) is 6.64. The van der Waals surface area contributed by atoms with E-state index < -0.39 is 0 Å². The molecule has 5 heteroatoms. The molecule has 1 unspecified atom stereocenters. The number of rotatable bonds is 3. The predicted molar refractivity (Wildman–Crippen MR) is 74.5 cm³/mol. The average molecular weight is 312 g/mol. The van der Waals surface area contributed by atoms with E-state index in [1.54, 1.807) is 0 Å². The largest absolute Gasteiger partial charge is 0.309 e. The zero-order chi connectivity index (χ0) is 12.4. The zero-order valence-electron chi connectivity index (χ0n) is 9.76. The van der Waals surface area contributed by atoms with Crippen LogP contribution in [-0.4, -0.2) is 14.8 Å². The van der Waals surface area contributed by atoms with Crippen LogP contribution in [0.25, 0.3) is 0 Å². The predicted octanol–water partition coefficient (Wildman–Crippen LogP) is 3.21. The molecular weight excluding hydrogens is 298 g/mol. The molecule has 0 fully saturated rings. The summed E-state index contributed by atoms with van der Waals surface area (Å²) in [6.45, 7) is 2.19. The van der Waals surface area contributed by atoms with E-state index in [4.69, 9.17) is 0 Å². The van der Waals surface area contributed by atoms with Crippen LogP contribution in [0.3, 0.4) is 0 Å². The van der Waals surface area contributed by atoms with Crippen LogP contribution in [0.1, 0.15) is 24.2 Å². The topological polar surface area (TPSA) is 30.7 Å². The molecule has 2 rings (SSSR count). The first kappa shape index (κ1) is 12.6. The van der Waals surface area contributed by atoms with Crippen molar-refractivity contribution in [3.05, 3.63) is 40.1 Å². The Balaban J connectivity index is 2.17. The van der Waals surface area contributed by atoms with Crippen molar-refractivity contribution in [3.8, 4) is 0 Å². The molecule has 17 heavy (non-hydrogen) atoms. The van der Waals surface area contributed by atoms with Crippen LogP contribution >= 0.6 is 28.6 Å². The second-order valence-corrected chi connectivity index (χ2v) is 5.45. The van der Waals surface area contributed by atoms with Crippen LogP contribution in [0.2, 0.25) is 0 Å². The maximum absolute atomic E-state index is 4.23. The van der Waals surface area contributed by atoms with Gasteiger partial charge in [-0.05, 0) is 23.6 Å². The lowest BCUT2D eigenvalue weighted by Gasteiger charge is -2.11. The molecule has 1 aromatic carbocycles. The van der Waals surface area contributed by atoms with Crippen LogP contribution in [0, 0.1) is 0 Å². The minimum Gasteiger partial charge on any atom is -0.309 e. The fourth-order valence-electron chi connectivity index (χ4n) is 1.73. The summed E-state index contributed by atoms with van der Waals surface area (Å²) in [4.78, 5) is 0. The molecule has 0 saturated carbocycles. The van der Waals surface area contributed by atoms with Gasteiger partial charge in [0.15, 0.2) is 5.16 Å². The Morgan fingerprint density at radius 1 is 1.41 bits per heavy atom. The third kappa shape index (κ3) is 2.90. The van der Waals surface area contributed by atoms with Crippen LogP contribution in [-0.2, 0) is 13.5 Å². The van der Waals surface area contributed by atoms with Gasteiger partial charge in [-0.3, -0.25) is 0 Å². The number of nitrogens with zero attached hydrogens (tertiary/aromatic N) is 3. The fraction of sp³-hybridized carbons (Fsp3) is 0.333. The maximum Gasteiger partial charge on any atom is 0.187 e. The van der Waals surface area contributed by atoms with Crippen molar-refractivity contribution in [1.82, 2.24) is 14.8 Å². The lowest BCUT2D eigenvalue weighted by atomic mass is 9.98. The number of thiol groups is 1. The van der Waals surface area contributed by atoms with Crippen LogP contribution < -0.4 is 0 Å². The van der Waals surface area contributed by atoms with Gasteiger partial charge in [-0.25, -0.2) is 0 Å². The quantitative estimate of drug-likeness (QED) is 0.882. The molecule has 0 N–H and O–H groups in total. The van der Waals surface area contributed by atoms with Gasteiger partial charge in [0.1, 0.15) is 5.82 Å². The highest BCUT2D eigenvalue weighted by Crippen LogP contribution is 2.22. The Labute approximate surface area is 115 Å². The third-order valence-electron chi connectivity index (χ3n) is 2.85. The van der Waals surface area contributed by atoms with Crippen molar-refractivity contribution < 1.29 is 0 Å². The molecule has 0 saturated heterocycles. The zero-order valence-corrected chi connectivity index (χ0v) is 12.2. The summed E-state index contributed by atoms with van der Waals surface area (Å²) >= 11 is 7.72. The van der Waals surface area contributed by atoms with Crippen molar-refractivity contribution in [2.45, 2.75) is 24.4 Å². The molecule has 0 spiro atoms. The summed E-state index contributed by atoms with van der Waals surface area (Å²) in [5.74, 6) is 1.37. The highest BCUT2D eigenvalue weighted by Gasteiger charge is 2.12. The lowest BCUT2D eigenvalue weighted by Crippen LogP contribution is -2.05. The van der Waals surface area contributed by atoms with Gasteiger partial charge in [0.2, 0.25) is 0 Å². The molecule has 0 radical (unpaired) electrons. The Hall–Kier alpha value is -0.810. The van der Waals surface area contributed by atoms with Crippen LogP contribution in [0.15, 0.2) is 33.9 Å². The SMILES string of the molecule is CC(Cc1nnc(S)n1C)c1cccc(Br)c1. The standard InChI is InChI=1S/C12H14BrN3S/c1-8(9-4-3-5-10(13)7-9)6-11-14-15-12(17)16(11)2/h3-5,7-8H,6H2,1-2H3,(H,15,17). The molecule has 1 aromatic heterocycles. The van der Waals surface area contributed by atoms with Gasteiger partial charge in [0, 0.05) is 17.9 Å². The van der Waals surface area contributed by atoms with Gasteiger partial charge in [-0.2, -0.15) is 0 Å². The number of hydrogen-bond donors (Lipinski definition) is 1. The number of benzene rings is 1. The van der Waals surface area contributed by atoms with Crippen molar-refractivity contribution in [3.63, 3.8) is 0 Å². The molecule has 2 aromatic rings. The van der Waals surface area contributed by atoms with E-state index in [1.165, 1.54) is 5.56 Å². The van der Waals surface area contributed by atoms with E-state index in [0.717, 1.165) is 16.7 Å². The van der Waals surface area contributed by atoms with Gasteiger partial charge in [0.25, 0.3) is 0 Å². The smallest absolute Gasteiger partial charge is 0.187 e. The van der Waals surface area contributed by atoms with Gasteiger partial charge < -0.3 is 4.57 Å². The van der Waals surface area contributed by atoms with Crippen molar-refractivity contribution in [2.75, 3.05) is 0 Å². The summed E-state index contributed by atoms with van der Waals surface area (Å²) in [5, 5.41) is 8.73. The van der Waals surface area contributed by atoms with Crippen LogP contribution in [0.4, 0.5) is 0 Å². The molecule has 0 bridgehead atoms. The maximum atomic E-state index is 4.23. The third-order valence-corrected chi connectivity index (χ3v) is 3.73. The van der Waals surface area contributed by atoms with E-state index >= 15 is 0 Å². The van der Waals surface area contributed by atoms with E-state index in [9.17, 15) is 0 Å². The number of halogens is 1. The van der Waals surface area contributed by atoms with Gasteiger partial charge in [-0.15, -0.1) is 22.8 Å². The van der Waals surface area contributed by atoms with Gasteiger partial charge >= 0.3 is 0 Å². The Morgan fingerprint density at radius 2 is 2.18 bits per heavy atom. The monoisotopic (exact) mass is 311 g/mol. The second kappa shape index (κ2) is 5.23. The molecule has 1 atom stereocenters. The van der Waals surface area contributed by atoms with E-state index in [2.05, 4.69) is 63.9 Å². The Kier molecular flexibility index (Phi) is 3.89. The normalized spacial score (nSPS) is 12.7. The Morgan fingerprint density at radius 3 is 2.76 bits per heavy atom. The number of hydrogen-bond acceptors (Lipinski definition) is 3. The van der Waals surface area contributed by atoms with Gasteiger partial charge in [0.05, 0.1) is 0 Å². The second-order valence-electron chi connectivity index (χ2n) is 4.14. The van der Waals surface area contributed by atoms with Gasteiger partial charge in [-0.1, -0.05) is 35.0 Å². The summed E-state index contributed by atoms with van der Waals surface area (Å²) in [6, 6.07) is 8.36. The fourth-order valence-corrected chi connectivity index (χ4v) is 2.31. The summed E-state index contributed by atoms with van der Waals surface area (Å²) < 4.78 is 3.02. The van der Waals surface area contributed by atoms with Crippen molar-refractivity contribution in [2.24, 2.45) is 7.05 Å². The highest BCUT2D eigenvalue weighted by atomic mass is 79.9. The highest BCUT2D eigenvalue weighted by molar-refractivity contribution is 9.10. The van der Waals surface area contributed by atoms with Crippen molar-refractivity contribution >= 4 is 28.6 Å².